The monoisotopic (exact) mass is 346 g/mol. The fourth-order valence-corrected chi connectivity index (χ4v) is 3.12. The van der Waals surface area contributed by atoms with Crippen molar-refractivity contribution in [2.75, 3.05) is 31.5 Å². The van der Waals surface area contributed by atoms with Crippen molar-refractivity contribution in [3.63, 3.8) is 0 Å². The van der Waals surface area contributed by atoms with Crippen molar-refractivity contribution in [1.82, 2.24) is 15.5 Å². The highest BCUT2D eigenvalue weighted by Crippen LogP contribution is 2.08. The van der Waals surface area contributed by atoms with Crippen LogP contribution in [-0.4, -0.2) is 61.0 Å². The van der Waals surface area contributed by atoms with E-state index < -0.39 is 12.1 Å². The van der Waals surface area contributed by atoms with Crippen molar-refractivity contribution >= 4 is 23.5 Å². The molecule has 2 saturated heterocycles. The van der Waals surface area contributed by atoms with Crippen molar-refractivity contribution in [1.29, 1.82) is 0 Å². The van der Waals surface area contributed by atoms with Crippen LogP contribution in [0, 0.1) is 0 Å². The third-order valence-electron chi connectivity index (χ3n) is 4.52. The van der Waals surface area contributed by atoms with Crippen molar-refractivity contribution in [2.45, 2.75) is 24.9 Å². The number of nitrogens with one attached hydrogen (secondary N) is 3. The fraction of sp³-hybridized carbons (Fsp3) is 0.471. The number of nitrogens with zero attached hydrogens (tertiary/aromatic N) is 1. The molecule has 2 aliphatic rings. The average molecular weight is 346 g/mol. The third-order valence-corrected chi connectivity index (χ3v) is 4.52. The highest BCUT2D eigenvalue weighted by molar-refractivity contribution is 5.91. The smallest absolute Gasteiger partial charge is 0.322 e. The van der Waals surface area contributed by atoms with Crippen LogP contribution in [0.5, 0.6) is 0 Å². The van der Waals surface area contributed by atoms with Gasteiger partial charge in [0.25, 0.3) is 5.91 Å². The summed E-state index contributed by atoms with van der Waals surface area (Å²) in [6.07, 6.45) is 1.51. The van der Waals surface area contributed by atoms with E-state index in [1.165, 1.54) is 0 Å². The zero-order valence-electron chi connectivity index (χ0n) is 14.0. The van der Waals surface area contributed by atoms with Gasteiger partial charge in [-0.15, -0.1) is 0 Å². The summed E-state index contributed by atoms with van der Waals surface area (Å²) in [5.74, 6) is -0.326. The molecule has 2 fully saturated rings. The highest BCUT2D eigenvalue weighted by Gasteiger charge is 2.34. The Morgan fingerprint density at radius 1 is 1.24 bits per heavy atom. The molecule has 3 rings (SSSR count). The lowest BCUT2D eigenvalue weighted by Crippen LogP contribution is -2.98. The molecule has 1 aromatic carbocycles. The summed E-state index contributed by atoms with van der Waals surface area (Å²) < 4.78 is 0. The van der Waals surface area contributed by atoms with Crippen molar-refractivity contribution in [2.24, 2.45) is 0 Å². The second kappa shape index (κ2) is 7.98. The first kappa shape index (κ1) is 17.2. The molecule has 2 heterocycles. The molecule has 2 aliphatic heterocycles. The van der Waals surface area contributed by atoms with Gasteiger partial charge in [-0.3, -0.25) is 9.59 Å². The molecule has 0 spiro atoms. The lowest BCUT2D eigenvalue weighted by molar-refractivity contribution is -0.684. The van der Waals surface area contributed by atoms with Gasteiger partial charge in [0.2, 0.25) is 5.91 Å². The van der Waals surface area contributed by atoms with Gasteiger partial charge in [0.05, 0.1) is 19.6 Å². The number of rotatable bonds is 3. The molecule has 0 bridgehead atoms. The van der Waals surface area contributed by atoms with Crippen molar-refractivity contribution < 1.29 is 19.7 Å². The van der Waals surface area contributed by atoms with E-state index in [1.54, 1.807) is 4.90 Å². The van der Waals surface area contributed by atoms with Gasteiger partial charge in [-0.1, -0.05) is 18.2 Å². The minimum absolute atomic E-state index is 0.130. The number of quaternary nitrogens is 1. The molecular weight excluding hydrogens is 322 g/mol. The summed E-state index contributed by atoms with van der Waals surface area (Å²) in [6, 6.07) is 8.14. The largest absolute Gasteiger partial charge is 0.354 e. The van der Waals surface area contributed by atoms with E-state index >= 15 is 0 Å². The van der Waals surface area contributed by atoms with Gasteiger partial charge in [-0.05, 0) is 25.0 Å². The summed E-state index contributed by atoms with van der Waals surface area (Å²) in [7, 11) is 0. The van der Waals surface area contributed by atoms with Gasteiger partial charge in [-0.2, -0.15) is 0 Å². The van der Waals surface area contributed by atoms with Crippen LogP contribution >= 0.6 is 0 Å². The molecule has 5 N–H and O–H groups in total. The number of urea groups is 1. The molecular formula is C17H24N5O3+. The number of hydrogen-bond donors (Lipinski definition) is 4. The first-order valence-electron chi connectivity index (χ1n) is 8.66. The maximum absolute atomic E-state index is 12.5. The zero-order valence-corrected chi connectivity index (χ0v) is 14.0. The Hall–Kier alpha value is -2.61. The third kappa shape index (κ3) is 4.48. The Labute approximate surface area is 146 Å². The maximum Gasteiger partial charge on any atom is 0.322 e. The summed E-state index contributed by atoms with van der Waals surface area (Å²) >= 11 is 0. The number of piperidine rings is 1. The second-order valence-corrected chi connectivity index (χ2v) is 6.37. The maximum atomic E-state index is 12.5. The number of para-hydroxylation sites is 1. The fourth-order valence-electron chi connectivity index (χ4n) is 3.12. The van der Waals surface area contributed by atoms with Crippen LogP contribution < -0.4 is 21.3 Å². The van der Waals surface area contributed by atoms with Crippen LogP contribution in [0.1, 0.15) is 12.8 Å². The Morgan fingerprint density at radius 3 is 2.80 bits per heavy atom. The molecule has 2 atom stereocenters. The van der Waals surface area contributed by atoms with Gasteiger partial charge in [0.15, 0.2) is 6.04 Å². The van der Waals surface area contributed by atoms with E-state index in [9.17, 15) is 14.4 Å². The number of benzene rings is 1. The summed E-state index contributed by atoms with van der Waals surface area (Å²) in [6.45, 7) is 2.20. The van der Waals surface area contributed by atoms with Gasteiger partial charge in [0, 0.05) is 12.2 Å². The lowest BCUT2D eigenvalue weighted by Gasteiger charge is -2.31. The van der Waals surface area contributed by atoms with Crippen LogP contribution in [0.3, 0.4) is 0 Å². The molecule has 8 nitrogen and oxygen atoms in total. The minimum Gasteiger partial charge on any atom is -0.354 e. The average Bonchev–Trinajstić information content (AvgIpc) is 2.64. The van der Waals surface area contributed by atoms with Gasteiger partial charge in [-0.25, -0.2) is 4.79 Å². The molecule has 1 aromatic rings. The molecule has 8 heteroatoms. The van der Waals surface area contributed by atoms with Gasteiger partial charge in [0.1, 0.15) is 6.04 Å². The Kier molecular flexibility index (Phi) is 5.49. The normalized spacial score (nSPS) is 23.5. The van der Waals surface area contributed by atoms with Crippen LogP contribution in [0.2, 0.25) is 0 Å². The summed E-state index contributed by atoms with van der Waals surface area (Å²) in [5, 5.41) is 10.3. The number of carbonyl (C=O) groups is 3. The number of carbonyl (C=O) groups excluding carboxylic acids is 3. The van der Waals surface area contributed by atoms with Gasteiger partial charge >= 0.3 is 6.03 Å². The van der Waals surface area contributed by atoms with Crippen LogP contribution in [0.15, 0.2) is 30.3 Å². The number of piperazine rings is 1. The predicted molar refractivity (Wildman–Crippen MR) is 91.8 cm³/mol. The molecule has 0 saturated carbocycles. The number of amides is 4. The summed E-state index contributed by atoms with van der Waals surface area (Å²) in [4.78, 5) is 38.3. The summed E-state index contributed by atoms with van der Waals surface area (Å²) in [5.41, 5.74) is 0.724. The lowest BCUT2D eigenvalue weighted by atomic mass is 10.1. The topological polar surface area (TPSA) is 107 Å². The predicted octanol–water partition coefficient (Wildman–Crippen LogP) is -1.14. The number of hydrogen-bond acceptors (Lipinski definition) is 3. The van der Waals surface area contributed by atoms with Crippen molar-refractivity contribution in [3.05, 3.63) is 30.3 Å². The number of nitrogens with two attached hydrogens (primary N) is 1. The first-order valence-corrected chi connectivity index (χ1v) is 8.66. The van der Waals surface area contributed by atoms with E-state index in [-0.39, 0.29) is 17.8 Å². The Morgan fingerprint density at radius 2 is 2.04 bits per heavy atom. The first-order chi connectivity index (χ1) is 12.1. The van der Waals surface area contributed by atoms with E-state index in [1.807, 2.05) is 35.6 Å². The van der Waals surface area contributed by atoms with Gasteiger partial charge < -0.3 is 26.2 Å². The standard InChI is InChI=1S/C17H23N5O3/c23-15-13(7-4-8-19-15)21-16(24)14-11-22(10-9-18-14)17(25)20-12-5-2-1-3-6-12/h1-3,5-6,13-14,18H,4,7-11H2,(H,19,23)(H,20,25)(H,21,24)/p+1/t13-,14+/m0/s1. The minimum atomic E-state index is -0.469. The SMILES string of the molecule is O=C1NCCC[C@@H]1NC(=O)[C@H]1CN(C(=O)Nc2ccccc2)CC[NH2+]1. The van der Waals surface area contributed by atoms with Crippen LogP contribution in [-0.2, 0) is 9.59 Å². The molecule has 0 radical (unpaired) electrons. The van der Waals surface area contributed by atoms with E-state index in [2.05, 4.69) is 16.0 Å². The van der Waals surface area contributed by atoms with E-state index in [0.29, 0.717) is 32.6 Å². The molecule has 4 amide bonds. The van der Waals surface area contributed by atoms with Crippen LogP contribution in [0.25, 0.3) is 0 Å². The highest BCUT2D eigenvalue weighted by atomic mass is 16.2. The molecule has 0 aromatic heterocycles. The second-order valence-electron chi connectivity index (χ2n) is 6.37. The quantitative estimate of drug-likeness (QED) is 0.556. The number of anilines is 1. The van der Waals surface area contributed by atoms with Crippen molar-refractivity contribution in [3.8, 4) is 0 Å². The molecule has 25 heavy (non-hydrogen) atoms. The Balaban J connectivity index is 1.54. The molecule has 0 aliphatic carbocycles. The van der Waals surface area contributed by atoms with Crippen LogP contribution in [0.4, 0.5) is 10.5 Å². The zero-order chi connectivity index (χ0) is 17.6. The van der Waals surface area contributed by atoms with E-state index in [4.69, 9.17) is 0 Å². The molecule has 0 unspecified atom stereocenters. The van der Waals surface area contributed by atoms with E-state index in [0.717, 1.165) is 12.1 Å². The Bertz CT molecular complexity index is 636. The molecule has 134 valence electrons.